The molecule has 3 aromatic rings. The average Bonchev–Trinajstić information content (AvgIpc) is 2.66. The lowest BCUT2D eigenvalue weighted by Gasteiger charge is -2.22. The maximum atomic E-state index is 13.1. The van der Waals surface area contributed by atoms with Crippen molar-refractivity contribution >= 4 is 28.9 Å². The molecular weight excluding hydrogens is 330 g/mol. The number of ketones is 2. The third-order valence-electron chi connectivity index (χ3n) is 4.37. The van der Waals surface area contributed by atoms with Crippen LogP contribution in [0.4, 0.5) is 11.4 Å². The van der Waals surface area contributed by atoms with Gasteiger partial charge in [0.2, 0.25) is 0 Å². The number of para-hydroxylation sites is 1. The van der Waals surface area contributed by atoms with E-state index in [0.717, 1.165) is 0 Å². The van der Waals surface area contributed by atoms with Crippen molar-refractivity contribution in [1.29, 1.82) is 0 Å². The first-order valence-corrected chi connectivity index (χ1v) is 7.98. The molecule has 0 aliphatic heterocycles. The predicted octanol–water partition coefficient (Wildman–Crippen LogP) is 3.90. The highest BCUT2D eigenvalue weighted by atomic mass is 16.4. The first-order chi connectivity index (χ1) is 12.6. The van der Waals surface area contributed by atoms with Crippen molar-refractivity contribution in [1.82, 2.24) is 0 Å². The molecule has 0 amide bonds. The number of anilines is 2. The van der Waals surface area contributed by atoms with Gasteiger partial charge in [0.05, 0.1) is 16.8 Å². The smallest absolute Gasteiger partial charge is 0.337 e. The molecule has 0 saturated carbocycles. The highest BCUT2D eigenvalue weighted by Gasteiger charge is 2.33. The SMILES string of the molecule is O=C(O)c1ccc2c(c1Nc1ccccc1)C(=O)c1ccccc1C2=O. The summed E-state index contributed by atoms with van der Waals surface area (Å²) < 4.78 is 0. The van der Waals surface area contributed by atoms with Crippen LogP contribution in [0, 0.1) is 0 Å². The molecule has 4 rings (SSSR count). The van der Waals surface area contributed by atoms with E-state index in [9.17, 15) is 19.5 Å². The van der Waals surface area contributed by atoms with Crippen molar-refractivity contribution in [2.24, 2.45) is 0 Å². The Kier molecular flexibility index (Phi) is 3.62. The van der Waals surface area contributed by atoms with Crippen LogP contribution in [-0.4, -0.2) is 22.6 Å². The molecule has 0 heterocycles. The fourth-order valence-corrected chi connectivity index (χ4v) is 3.16. The lowest BCUT2D eigenvalue weighted by atomic mass is 9.82. The fourth-order valence-electron chi connectivity index (χ4n) is 3.16. The van der Waals surface area contributed by atoms with Crippen LogP contribution in [0.15, 0.2) is 66.7 Å². The molecule has 0 atom stereocenters. The zero-order chi connectivity index (χ0) is 18.3. The lowest BCUT2D eigenvalue weighted by Crippen LogP contribution is -2.23. The standard InChI is InChI=1S/C21H13NO4/c23-19-13-8-4-5-9-14(13)20(24)17-15(19)10-11-16(21(25)26)18(17)22-12-6-2-1-3-7-12/h1-11,22H,(H,25,26). The van der Waals surface area contributed by atoms with Gasteiger partial charge in [-0.3, -0.25) is 9.59 Å². The summed E-state index contributed by atoms with van der Waals surface area (Å²) in [4.78, 5) is 37.6. The Hall–Kier alpha value is -3.73. The van der Waals surface area contributed by atoms with Gasteiger partial charge >= 0.3 is 5.97 Å². The van der Waals surface area contributed by atoms with Crippen LogP contribution in [0.25, 0.3) is 0 Å². The Labute approximate surface area is 148 Å². The van der Waals surface area contributed by atoms with Gasteiger partial charge in [-0.1, -0.05) is 42.5 Å². The monoisotopic (exact) mass is 343 g/mol. The molecule has 0 fully saturated rings. The summed E-state index contributed by atoms with van der Waals surface area (Å²) in [5, 5.41) is 12.6. The first-order valence-electron chi connectivity index (χ1n) is 7.98. The molecule has 1 aliphatic rings. The molecule has 0 spiro atoms. The van der Waals surface area contributed by atoms with Gasteiger partial charge in [0, 0.05) is 22.4 Å². The van der Waals surface area contributed by atoms with Gasteiger partial charge in [-0.15, -0.1) is 0 Å². The van der Waals surface area contributed by atoms with E-state index in [1.165, 1.54) is 12.1 Å². The van der Waals surface area contributed by atoms with Gasteiger partial charge < -0.3 is 10.4 Å². The third-order valence-corrected chi connectivity index (χ3v) is 4.37. The van der Waals surface area contributed by atoms with Crippen LogP contribution in [0.5, 0.6) is 0 Å². The number of aromatic carboxylic acids is 1. The molecule has 0 unspecified atom stereocenters. The molecule has 1 aliphatic carbocycles. The van der Waals surface area contributed by atoms with E-state index >= 15 is 0 Å². The fraction of sp³-hybridized carbons (Fsp3) is 0. The molecule has 5 heteroatoms. The summed E-state index contributed by atoms with van der Waals surface area (Å²) in [6.45, 7) is 0. The molecule has 3 aromatic carbocycles. The number of fused-ring (bicyclic) bond motifs is 2. The lowest BCUT2D eigenvalue weighted by molar-refractivity contribution is 0.0697. The van der Waals surface area contributed by atoms with Crippen LogP contribution in [-0.2, 0) is 0 Å². The summed E-state index contributed by atoms with van der Waals surface area (Å²) >= 11 is 0. The van der Waals surface area contributed by atoms with E-state index < -0.39 is 5.97 Å². The highest BCUT2D eigenvalue weighted by molar-refractivity contribution is 6.31. The van der Waals surface area contributed by atoms with Crippen molar-refractivity contribution < 1.29 is 19.5 Å². The Morgan fingerprint density at radius 1 is 0.731 bits per heavy atom. The normalized spacial score (nSPS) is 12.3. The number of hydrogen-bond acceptors (Lipinski definition) is 4. The number of carbonyl (C=O) groups excluding carboxylic acids is 2. The molecule has 26 heavy (non-hydrogen) atoms. The molecule has 2 N–H and O–H groups in total. The van der Waals surface area contributed by atoms with Gasteiger partial charge in [-0.2, -0.15) is 0 Å². The summed E-state index contributed by atoms with van der Waals surface area (Å²) in [6.07, 6.45) is 0. The van der Waals surface area contributed by atoms with Crippen LogP contribution in [0.1, 0.15) is 42.2 Å². The summed E-state index contributed by atoms with van der Waals surface area (Å²) in [6, 6.07) is 18.3. The quantitative estimate of drug-likeness (QED) is 0.589. The number of carboxylic acids is 1. The number of hydrogen-bond donors (Lipinski definition) is 2. The maximum absolute atomic E-state index is 13.1. The van der Waals surface area contributed by atoms with Gasteiger partial charge in [0.1, 0.15) is 0 Å². The van der Waals surface area contributed by atoms with Crippen LogP contribution < -0.4 is 5.32 Å². The molecule has 5 nitrogen and oxygen atoms in total. The Morgan fingerprint density at radius 2 is 1.35 bits per heavy atom. The largest absolute Gasteiger partial charge is 0.478 e. The van der Waals surface area contributed by atoms with Crippen LogP contribution >= 0.6 is 0 Å². The predicted molar refractivity (Wildman–Crippen MR) is 96.4 cm³/mol. The van der Waals surface area contributed by atoms with Crippen molar-refractivity contribution in [2.75, 3.05) is 5.32 Å². The molecule has 0 aromatic heterocycles. The van der Waals surface area contributed by atoms with Crippen molar-refractivity contribution in [3.63, 3.8) is 0 Å². The molecular formula is C21H13NO4. The number of carboxylic acid groups (broad SMARTS) is 1. The average molecular weight is 343 g/mol. The Morgan fingerprint density at radius 3 is 2.00 bits per heavy atom. The minimum atomic E-state index is -1.18. The third kappa shape index (κ3) is 2.38. The van der Waals surface area contributed by atoms with E-state index in [1.54, 1.807) is 48.5 Å². The van der Waals surface area contributed by atoms with Gasteiger partial charge in [-0.25, -0.2) is 4.79 Å². The minimum Gasteiger partial charge on any atom is -0.478 e. The number of carbonyl (C=O) groups is 3. The number of benzene rings is 3. The van der Waals surface area contributed by atoms with Crippen molar-refractivity contribution in [3.05, 3.63) is 94.5 Å². The van der Waals surface area contributed by atoms with E-state index in [0.29, 0.717) is 11.3 Å². The molecule has 0 bridgehead atoms. The Bertz CT molecular complexity index is 1070. The topological polar surface area (TPSA) is 83.5 Å². The number of nitrogens with one attached hydrogen (secondary N) is 1. The minimum absolute atomic E-state index is 0.0619. The van der Waals surface area contributed by atoms with Gasteiger partial charge in [0.25, 0.3) is 0 Å². The zero-order valence-corrected chi connectivity index (χ0v) is 13.5. The maximum Gasteiger partial charge on any atom is 0.337 e. The second kappa shape index (κ2) is 5.97. The number of rotatable bonds is 3. The molecule has 126 valence electrons. The summed E-state index contributed by atoms with van der Waals surface area (Å²) in [5.41, 5.74) is 1.61. The van der Waals surface area contributed by atoms with E-state index in [4.69, 9.17) is 0 Å². The summed E-state index contributed by atoms with van der Waals surface area (Å²) in [7, 11) is 0. The van der Waals surface area contributed by atoms with Crippen molar-refractivity contribution in [2.45, 2.75) is 0 Å². The second-order valence-corrected chi connectivity index (χ2v) is 5.91. The molecule has 0 saturated heterocycles. The van der Waals surface area contributed by atoms with Crippen molar-refractivity contribution in [3.8, 4) is 0 Å². The highest BCUT2D eigenvalue weighted by Crippen LogP contribution is 2.35. The second-order valence-electron chi connectivity index (χ2n) is 5.91. The Balaban J connectivity index is 1.97. The summed E-state index contributed by atoms with van der Waals surface area (Å²) in [5.74, 6) is -1.83. The molecule has 0 radical (unpaired) electrons. The van der Waals surface area contributed by atoms with Gasteiger partial charge in [0.15, 0.2) is 11.6 Å². The first kappa shape index (κ1) is 15.8. The van der Waals surface area contributed by atoms with Gasteiger partial charge in [-0.05, 0) is 24.3 Å². The van der Waals surface area contributed by atoms with Crippen LogP contribution in [0.2, 0.25) is 0 Å². The van der Waals surface area contributed by atoms with E-state index in [2.05, 4.69) is 5.32 Å². The zero-order valence-electron chi connectivity index (χ0n) is 13.5. The van der Waals surface area contributed by atoms with E-state index in [-0.39, 0.29) is 39.5 Å². The van der Waals surface area contributed by atoms with Crippen LogP contribution in [0.3, 0.4) is 0 Å². The van der Waals surface area contributed by atoms with E-state index in [1.807, 2.05) is 6.07 Å².